The third-order valence-electron chi connectivity index (χ3n) is 5.45. The average molecular weight is 510 g/mol. The highest BCUT2D eigenvalue weighted by molar-refractivity contribution is 6.34. The molecule has 1 heterocycles. The predicted molar refractivity (Wildman–Crippen MR) is 131 cm³/mol. The molecule has 0 aromatic heterocycles. The van der Waals surface area contributed by atoms with Gasteiger partial charge in [0.2, 0.25) is 0 Å². The number of fused-ring (bicyclic) bond motifs is 1. The number of nitrogens with one attached hydrogen (secondary N) is 2. The molecule has 0 saturated carbocycles. The fourth-order valence-electron chi connectivity index (χ4n) is 3.80. The topological polar surface area (TPSA) is 100 Å². The zero-order valence-electron chi connectivity index (χ0n) is 19.7. The van der Waals surface area contributed by atoms with Gasteiger partial charge in [0.25, 0.3) is 11.8 Å². The van der Waals surface area contributed by atoms with Crippen molar-refractivity contribution >= 4 is 35.4 Å². The number of nitrogens with zero attached hydrogens (tertiary/aromatic N) is 2. The van der Waals surface area contributed by atoms with Gasteiger partial charge in [-0.3, -0.25) is 9.59 Å². The molecule has 3 aromatic carbocycles. The van der Waals surface area contributed by atoms with Gasteiger partial charge in [-0.1, -0.05) is 38.1 Å². The van der Waals surface area contributed by atoms with E-state index in [0.717, 1.165) is 22.6 Å². The van der Waals surface area contributed by atoms with E-state index >= 15 is 0 Å². The molecule has 11 heteroatoms. The number of rotatable bonds is 6. The van der Waals surface area contributed by atoms with Crippen LogP contribution in [0.15, 0.2) is 71.8 Å². The Hall–Kier alpha value is -4.67. The molecule has 4 amide bonds. The second-order valence-electron chi connectivity index (χ2n) is 8.36. The molecular formula is C26H21F3N4O4. The molecule has 37 heavy (non-hydrogen) atoms. The molecule has 0 aliphatic carbocycles. The summed E-state index contributed by atoms with van der Waals surface area (Å²) in [6, 6.07) is 15.7. The van der Waals surface area contributed by atoms with Crippen molar-refractivity contribution in [1.29, 1.82) is 0 Å². The minimum Gasteiger partial charge on any atom is -0.406 e. The maximum absolute atomic E-state index is 12.9. The Morgan fingerprint density at radius 3 is 2.32 bits per heavy atom. The molecule has 190 valence electrons. The monoisotopic (exact) mass is 510 g/mol. The van der Waals surface area contributed by atoms with Crippen LogP contribution in [0.3, 0.4) is 0 Å². The van der Waals surface area contributed by atoms with Crippen LogP contribution in [0.4, 0.5) is 29.3 Å². The Kier molecular flexibility index (Phi) is 6.96. The zero-order valence-corrected chi connectivity index (χ0v) is 19.7. The van der Waals surface area contributed by atoms with Crippen LogP contribution in [-0.4, -0.2) is 30.4 Å². The summed E-state index contributed by atoms with van der Waals surface area (Å²) in [7, 11) is 0. The predicted octanol–water partition coefficient (Wildman–Crippen LogP) is 5.66. The number of hydrogen-bond donors (Lipinski definition) is 2. The number of amides is 4. The van der Waals surface area contributed by atoms with Crippen LogP contribution < -0.4 is 20.4 Å². The van der Waals surface area contributed by atoms with Gasteiger partial charge >= 0.3 is 12.4 Å². The Morgan fingerprint density at radius 1 is 0.973 bits per heavy atom. The smallest absolute Gasteiger partial charge is 0.406 e. The Bertz CT molecular complexity index is 1390. The number of hydrazone groups is 1. The molecule has 3 aromatic rings. The van der Waals surface area contributed by atoms with Crippen molar-refractivity contribution in [2.45, 2.75) is 26.1 Å². The number of urea groups is 1. The minimum atomic E-state index is -4.86. The van der Waals surface area contributed by atoms with Crippen molar-refractivity contribution in [3.05, 3.63) is 89.0 Å². The summed E-state index contributed by atoms with van der Waals surface area (Å²) in [4.78, 5) is 38.8. The van der Waals surface area contributed by atoms with Crippen LogP contribution in [0.2, 0.25) is 0 Å². The molecule has 0 bridgehead atoms. The number of halogens is 3. The molecule has 0 spiro atoms. The lowest BCUT2D eigenvalue weighted by Gasteiger charge is -2.15. The number of hydrogen-bond acceptors (Lipinski definition) is 5. The summed E-state index contributed by atoms with van der Waals surface area (Å²) in [5, 5.41) is 6.63. The third-order valence-corrected chi connectivity index (χ3v) is 5.45. The number of carbonyl (C=O) groups is 3. The molecule has 0 atom stereocenters. The summed E-state index contributed by atoms with van der Waals surface area (Å²) in [6.07, 6.45) is -3.54. The molecule has 1 aliphatic heterocycles. The van der Waals surface area contributed by atoms with Crippen LogP contribution in [0, 0.1) is 0 Å². The SMILES string of the molecule is CC(C)c1ccccc1NC(=O)N/N=C/c1ccc2c(c1)C(=O)N(c1ccc(OC(F)(F)F)cc1)C2=O. The van der Waals surface area contributed by atoms with E-state index in [0.29, 0.717) is 11.3 Å². The summed E-state index contributed by atoms with van der Waals surface area (Å²) < 4.78 is 41.0. The Morgan fingerprint density at radius 2 is 1.65 bits per heavy atom. The fraction of sp³-hybridized carbons (Fsp3) is 0.154. The van der Waals surface area contributed by atoms with Crippen molar-refractivity contribution in [1.82, 2.24) is 5.43 Å². The summed E-state index contributed by atoms with van der Waals surface area (Å²) in [5.74, 6) is -1.53. The van der Waals surface area contributed by atoms with Gasteiger partial charge in [-0.2, -0.15) is 5.10 Å². The van der Waals surface area contributed by atoms with Crippen LogP contribution in [0.25, 0.3) is 0 Å². The molecule has 0 saturated heterocycles. The first-order valence-corrected chi connectivity index (χ1v) is 11.1. The van der Waals surface area contributed by atoms with Gasteiger partial charge < -0.3 is 10.1 Å². The summed E-state index contributed by atoms with van der Waals surface area (Å²) >= 11 is 0. The van der Waals surface area contributed by atoms with Gasteiger partial charge in [0, 0.05) is 5.69 Å². The quantitative estimate of drug-likeness (QED) is 0.254. The highest BCUT2D eigenvalue weighted by Gasteiger charge is 2.37. The lowest BCUT2D eigenvalue weighted by Crippen LogP contribution is -2.29. The van der Waals surface area contributed by atoms with Gasteiger partial charge in [0.15, 0.2) is 0 Å². The zero-order chi connectivity index (χ0) is 26.7. The van der Waals surface area contributed by atoms with Crippen LogP contribution in [-0.2, 0) is 0 Å². The van der Waals surface area contributed by atoms with E-state index in [9.17, 15) is 27.6 Å². The maximum atomic E-state index is 12.9. The molecule has 0 unspecified atom stereocenters. The highest BCUT2D eigenvalue weighted by atomic mass is 19.4. The first-order chi connectivity index (χ1) is 17.5. The average Bonchev–Trinajstić information content (AvgIpc) is 3.08. The molecule has 2 N–H and O–H groups in total. The number of alkyl halides is 3. The van der Waals surface area contributed by atoms with Gasteiger partial charge in [0.05, 0.1) is 23.0 Å². The van der Waals surface area contributed by atoms with E-state index < -0.39 is 30.0 Å². The normalized spacial score (nSPS) is 13.3. The molecule has 4 rings (SSSR count). The van der Waals surface area contributed by atoms with E-state index in [1.807, 2.05) is 32.0 Å². The number of benzene rings is 3. The Labute approximate surface area is 209 Å². The minimum absolute atomic E-state index is 0.0935. The first kappa shape index (κ1) is 25.4. The highest BCUT2D eigenvalue weighted by Crippen LogP contribution is 2.31. The molecular weight excluding hydrogens is 489 g/mol. The van der Waals surface area contributed by atoms with E-state index in [-0.39, 0.29) is 22.7 Å². The number of ether oxygens (including phenoxy) is 1. The van der Waals surface area contributed by atoms with Gasteiger partial charge in [-0.25, -0.2) is 15.1 Å². The van der Waals surface area contributed by atoms with Crippen LogP contribution in [0.5, 0.6) is 5.75 Å². The van der Waals surface area contributed by atoms with Gasteiger partial charge in [0.1, 0.15) is 5.75 Å². The van der Waals surface area contributed by atoms with E-state index in [4.69, 9.17) is 0 Å². The largest absolute Gasteiger partial charge is 0.573 e. The van der Waals surface area contributed by atoms with E-state index in [1.54, 1.807) is 12.1 Å². The van der Waals surface area contributed by atoms with E-state index in [1.165, 1.54) is 30.5 Å². The second-order valence-corrected chi connectivity index (χ2v) is 8.36. The number of para-hydroxylation sites is 1. The summed E-state index contributed by atoms with van der Waals surface area (Å²) in [5.41, 5.74) is 4.75. The Balaban J connectivity index is 1.44. The molecule has 8 nitrogen and oxygen atoms in total. The van der Waals surface area contributed by atoms with Crippen LogP contribution in [0.1, 0.15) is 51.6 Å². The number of anilines is 2. The number of imide groups is 1. The maximum Gasteiger partial charge on any atom is 0.573 e. The van der Waals surface area contributed by atoms with Crippen molar-refractivity contribution in [3.8, 4) is 5.75 Å². The van der Waals surface area contributed by atoms with Crippen LogP contribution >= 0.6 is 0 Å². The first-order valence-electron chi connectivity index (χ1n) is 11.1. The molecule has 0 radical (unpaired) electrons. The van der Waals surface area contributed by atoms with Gasteiger partial charge in [-0.05, 0) is 59.5 Å². The van der Waals surface area contributed by atoms with Crippen molar-refractivity contribution in [3.63, 3.8) is 0 Å². The van der Waals surface area contributed by atoms with Crippen molar-refractivity contribution in [2.24, 2.45) is 5.10 Å². The van der Waals surface area contributed by atoms with Crippen molar-refractivity contribution in [2.75, 3.05) is 10.2 Å². The molecule has 1 aliphatic rings. The number of carbonyl (C=O) groups excluding carboxylic acids is 3. The second kappa shape index (κ2) is 10.1. The lowest BCUT2D eigenvalue weighted by atomic mass is 10.0. The fourth-order valence-corrected chi connectivity index (χ4v) is 3.80. The lowest BCUT2D eigenvalue weighted by molar-refractivity contribution is -0.274. The third kappa shape index (κ3) is 5.77. The molecule has 0 fully saturated rings. The van der Waals surface area contributed by atoms with Crippen molar-refractivity contribution < 1.29 is 32.3 Å². The summed E-state index contributed by atoms with van der Waals surface area (Å²) in [6.45, 7) is 4.02. The van der Waals surface area contributed by atoms with Gasteiger partial charge in [-0.15, -0.1) is 13.2 Å². The standard InChI is InChI=1S/C26H21F3N4O4/c1-15(2)19-5-3-4-6-22(19)31-25(36)32-30-14-16-7-12-20-21(13-16)24(35)33(23(20)34)17-8-10-18(11-9-17)37-26(27,28)29/h3-15H,1-2H3,(H2,31,32,36)/b30-14+. The van der Waals surface area contributed by atoms with E-state index in [2.05, 4.69) is 20.6 Å².